The molecule has 0 aromatic heterocycles. The van der Waals surface area contributed by atoms with E-state index in [4.69, 9.17) is 9.47 Å². The van der Waals surface area contributed by atoms with Crippen LogP contribution < -0.4 is 0 Å². The number of carbonyl (C=O) groups excluding carboxylic acids is 1. The van der Waals surface area contributed by atoms with Gasteiger partial charge in [0.05, 0.1) is 0 Å². The maximum atomic E-state index is 12.9. The van der Waals surface area contributed by atoms with Gasteiger partial charge in [-0.15, -0.1) is 0 Å². The number of ketones is 1. The third-order valence-corrected chi connectivity index (χ3v) is 10.3. The Labute approximate surface area is 140 Å². The molecule has 2 saturated heterocycles. The zero-order chi connectivity index (χ0) is 15.6. The predicted octanol–water partition coefficient (Wildman–Crippen LogP) is 3.61. The Morgan fingerprint density at radius 2 is 2.00 bits per heavy atom. The van der Waals surface area contributed by atoms with E-state index in [1.165, 1.54) is 6.42 Å². The minimum atomic E-state index is -0.245. The third-order valence-electron chi connectivity index (χ3n) is 7.23. The summed E-state index contributed by atoms with van der Waals surface area (Å²) < 4.78 is 12.1. The normalized spacial score (nSPS) is 49.6. The van der Waals surface area contributed by atoms with Crippen molar-refractivity contribution in [2.75, 3.05) is 6.61 Å². The van der Waals surface area contributed by atoms with Gasteiger partial charge < -0.3 is 0 Å². The summed E-state index contributed by atoms with van der Waals surface area (Å²) in [6.45, 7) is 7.73. The molecule has 124 valence electrons. The zero-order valence-electron chi connectivity index (χ0n) is 14.0. The molecule has 4 heteroatoms. The van der Waals surface area contributed by atoms with Gasteiger partial charge in [-0.1, -0.05) is 0 Å². The molecule has 2 aliphatic heterocycles. The molecular formula is C18H28O3Se. The quantitative estimate of drug-likeness (QED) is 0.711. The van der Waals surface area contributed by atoms with Gasteiger partial charge in [0.25, 0.3) is 0 Å². The van der Waals surface area contributed by atoms with Gasteiger partial charge in [0.1, 0.15) is 0 Å². The van der Waals surface area contributed by atoms with Crippen molar-refractivity contribution in [2.24, 2.45) is 16.7 Å². The van der Waals surface area contributed by atoms with Crippen LogP contribution >= 0.6 is 0 Å². The van der Waals surface area contributed by atoms with Crippen LogP contribution in [0.2, 0.25) is 10.1 Å². The molecule has 4 rings (SSSR count). The number of hydrogen-bond acceptors (Lipinski definition) is 3. The summed E-state index contributed by atoms with van der Waals surface area (Å²) in [6, 6.07) is 0. The van der Waals surface area contributed by atoms with Crippen LogP contribution in [0.3, 0.4) is 0 Å². The zero-order valence-corrected chi connectivity index (χ0v) is 15.7. The number of carbonyl (C=O) groups is 1. The van der Waals surface area contributed by atoms with Gasteiger partial charge in [-0.3, -0.25) is 0 Å². The molecule has 4 fully saturated rings. The Morgan fingerprint density at radius 3 is 2.64 bits per heavy atom. The molecule has 0 aromatic rings. The number of Topliss-reactive ketones (excluding diaryl/α,β-unsaturated/α-hetero) is 1. The fourth-order valence-electron chi connectivity index (χ4n) is 5.29. The Morgan fingerprint density at radius 1 is 1.18 bits per heavy atom. The second-order valence-electron chi connectivity index (χ2n) is 8.46. The Hall–Kier alpha value is 0.109. The summed E-state index contributed by atoms with van der Waals surface area (Å²) >= 11 is 0.381. The van der Waals surface area contributed by atoms with Gasteiger partial charge in [-0.2, -0.15) is 0 Å². The molecule has 2 aliphatic carbocycles. The molecule has 0 radical (unpaired) electrons. The first-order valence-corrected chi connectivity index (χ1v) is 11.1. The second-order valence-corrected chi connectivity index (χ2v) is 10.9. The van der Waals surface area contributed by atoms with E-state index >= 15 is 0 Å². The molecule has 0 aromatic carbocycles. The van der Waals surface area contributed by atoms with Crippen molar-refractivity contribution in [1.82, 2.24) is 0 Å². The molecular weight excluding hydrogens is 343 g/mol. The van der Waals surface area contributed by atoms with E-state index in [2.05, 4.69) is 20.8 Å². The van der Waals surface area contributed by atoms with Crippen LogP contribution in [-0.2, 0) is 14.3 Å². The van der Waals surface area contributed by atoms with E-state index in [1.54, 1.807) is 0 Å². The summed E-state index contributed by atoms with van der Waals surface area (Å²) in [5.74, 6) is 0.937. The summed E-state index contributed by atoms with van der Waals surface area (Å²) in [6.07, 6.45) is 7.06. The van der Waals surface area contributed by atoms with E-state index in [-0.39, 0.29) is 16.6 Å². The summed E-state index contributed by atoms with van der Waals surface area (Å²) in [7, 11) is 0. The van der Waals surface area contributed by atoms with Crippen LogP contribution in [0.1, 0.15) is 59.3 Å². The molecule has 5 atom stereocenters. The third kappa shape index (κ3) is 2.03. The Balaban J connectivity index is 1.38. The van der Waals surface area contributed by atoms with Crippen LogP contribution in [0.5, 0.6) is 0 Å². The van der Waals surface area contributed by atoms with Crippen molar-refractivity contribution in [3.05, 3.63) is 0 Å². The topological polar surface area (TPSA) is 35.5 Å². The van der Waals surface area contributed by atoms with E-state index in [0.717, 1.165) is 44.0 Å². The van der Waals surface area contributed by atoms with Crippen molar-refractivity contribution < 1.29 is 14.3 Å². The van der Waals surface area contributed by atoms with Crippen LogP contribution in [0.25, 0.3) is 0 Å². The van der Waals surface area contributed by atoms with Gasteiger partial charge in [-0.25, -0.2) is 0 Å². The number of fused-ring (bicyclic) bond motifs is 2. The van der Waals surface area contributed by atoms with Gasteiger partial charge in [0, 0.05) is 0 Å². The fraction of sp³-hybridized carbons (Fsp3) is 0.944. The molecule has 0 amide bonds. The van der Waals surface area contributed by atoms with Crippen LogP contribution in [0, 0.1) is 16.7 Å². The number of rotatable bonds is 3. The van der Waals surface area contributed by atoms with E-state index < -0.39 is 0 Å². The van der Waals surface area contributed by atoms with E-state index in [0.29, 0.717) is 37.6 Å². The molecule has 2 saturated carbocycles. The number of ether oxygens (including phenoxy) is 2. The molecule has 3 nitrogen and oxygen atoms in total. The molecule has 2 bridgehead atoms. The maximum absolute atomic E-state index is 12.9. The number of hydrogen-bond donors (Lipinski definition) is 0. The van der Waals surface area contributed by atoms with Crippen LogP contribution in [-0.4, -0.2) is 39.2 Å². The van der Waals surface area contributed by atoms with Crippen molar-refractivity contribution in [3.8, 4) is 0 Å². The second kappa shape index (κ2) is 5.05. The van der Waals surface area contributed by atoms with Gasteiger partial charge in [-0.05, 0) is 0 Å². The van der Waals surface area contributed by atoms with Gasteiger partial charge >= 0.3 is 140 Å². The van der Waals surface area contributed by atoms with Crippen molar-refractivity contribution in [2.45, 2.75) is 81.3 Å². The minimum absolute atomic E-state index is 0.0591. The molecule has 1 spiro atoms. The molecule has 2 heterocycles. The van der Waals surface area contributed by atoms with E-state index in [1.807, 2.05) is 0 Å². The molecule has 22 heavy (non-hydrogen) atoms. The van der Waals surface area contributed by atoms with E-state index in [9.17, 15) is 4.79 Å². The predicted molar refractivity (Wildman–Crippen MR) is 86.0 cm³/mol. The van der Waals surface area contributed by atoms with Crippen molar-refractivity contribution in [1.29, 1.82) is 0 Å². The SMILES string of the molecule is CC1(C)[C@@H]2CC[C@@]1(C)C(=O)[C@H]2[Se]C[C@@H]1CC[C@@]2(CCCO2)O1. The first kappa shape index (κ1) is 15.6. The average Bonchev–Trinajstić information content (AvgIpc) is 3.18. The first-order valence-electron chi connectivity index (χ1n) is 8.86. The monoisotopic (exact) mass is 372 g/mol. The molecule has 4 aliphatic rings. The van der Waals surface area contributed by atoms with Crippen molar-refractivity contribution >= 4 is 20.7 Å². The first-order chi connectivity index (χ1) is 10.4. The summed E-state index contributed by atoms with van der Waals surface area (Å²) in [5.41, 5.74) is 0.138. The van der Waals surface area contributed by atoms with Crippen molar-refractivity contribution in [3.63, 3.8) is 0 Å². The summed E-state index contributed by atoms with van der Waals surface area (Å²) in [5, 5.41) is 1.09. The molecule has 0 N–H and O–H groups in total. The summed E-state index contributed by atoms with van der Waals surface area (Å²) in [4.78, 5) is 13.2. The Bertz CT molecular complexity index is 483. The van der Waals surface area contributed by atoms with Crippen LogP contribution in [0.4, 0.5) is 0 Å². The van der Waals surface area contributed by atoms with Crippen LogP contribution in [0.15, 0.2) is 0 Å². The standard InChI is InChI=1S/C18H28O3Se/c1-16(2)13-6-8-17(16,3)15(19)14(13)22-11-12-5-9-18(21-12)7-4-10-20-18/h12-14H,4-11H2,1-3H3/t12-,13+,14-,17-,18+/m0/s1. The van der Waals surface area contributed by atoms with Gasteiger partial charge in [0.15, 0.2) is 0 Å². The fourth-order valence-corrected chi connectivity index (χ4v) is 9.02. The van der Waals surface area contributed by atoms with Gasteiger partial charge in [0.2, 0.25) is 0 Å². The Kier molecular flexibility index (Phi) is 3.59. The average molecular weight is 371 g/mol. The molecule has 0 unspecified atom stereocenters.